The largest absolute Gasteiger partial charge is 0.494 e. The molecule has 0 saturated carbocycles. The van der Waals surface area contributed by atoms with E-state index in [1.54, 1.807) is 38.7 Å². The molecule has 156 valence electrons. The van der Waals surface area contributed by atoms with Crippen LogP contribution in [0, 0.1) is 0 Å². The minimum Gasteiger partial charge on any atom is -0.494 e. The number of rotatable bonds is 9. The Morgan fingerprint density at radius 2 is 1.77 bits per heavy atom. The summed E-state index contributed by atoms with van der Waals surface area (Å²) in [5.41, 5.74) is 1.77. The van der Waals surface area contributed by atoms with Crippen LogP contribution in [0.4, 0.5) is 0 Å². The molecule has 6 nitrogen and oxygen atoms in total. The lowest BCUT2D eigenvalue weighted by Gasteiger charge is -2.21. The Balaban J connectivity index is 1.90. The van der Waals surface area contributed by atoms with Gasteiger partial charge in [-0.1, -0.05) is 18.2 Å². The number of carbonyl (C=O) groups is 1. The summed E-state index contributed by atoms with van der Waals surface area (Å²) in [4.78, 5) is 12.6. The van der Waals surface area contributed by atoms with Crippen molar-refractivity contribution in [2.45, 2.75) is 13.0 Å². The molecule has 3 rings (SSSR count). The van der Waals surface area contributed by atoms with E-state index in [-0.39, 0.29) is 5.91 Å². The lowest BCUT2D eigenvalue weighted by molar-refractivity contribution is -0.116. The van der Waals surface area contributed by atoms with Gasteiger partial charge in [-0.15, -0.1) is 0 Å². The summed E-state index contributed by atoms with van der Waals surface area (Å²) in [6, 6.07) is 16.4. The highest BCUT2D eigenvalue weighted by Crippen LogP contribution is 2.32. The maximum atomic E-state index is 12.6. The van der Waals surface area contributed by atoms with E-state index in [1.807, 2.05) is 49.4 Å². The third-order valence-electron chi connectivity index (χ3n) is 4.49. The molecule has 30 heavy (non-hydrogen) atoms. The second kappa shape index (κ2) is 10.2. The smallest absolute Gasteiger partial charge is 0.244 e. The van der Waals surface area contributed by atoms with Gasteiger partial charge in [0.15, 0.2) is 11.5 Å². The number of amides is 1. The minimum atomic E-state index is -0.394. The predicted octanol–water partition coefficient (Wildman–Crippen LogP) is 4.61. The summed E-state index contributed by atoms with van der Waals surface area (Å²) < 4.78 is 21.5. The van der Waals surface area contributed by atoms with Crippen molar-refractivity contribution in [1.29, 1.82) is 0 Å². The Hall–Kier alpha value is -3.67. The zero-order valence-electron chi connectivity index (χ0n) is 17.3. The number of furan rings is 1. The first kappa shape index (κ1) is 21.0. The maximum Gasteiger partial charge on any atom is 0.244 e. The van der Waals surface area contributed by atoms with E-state index in [4.69, 9.17) is 18.6 Å². The van der Waals surface area contributed by atoms with E-state index >= 15 is 0 Å². The summed E-state index contributed by atoms with van der Waals surface area (Å²) in [6.45, 7) is 2.53. The molecule has 0 aliphatic rings. The van der Waals surface area contributed by atoms with Gasteiger partial charge in [-0.3, -0.25) is 4.79 Å². The van der Waals surface area contributed by atoms with Gasteiger partial charge in [0.2, 0.25) is 5.91 Å². The third kappa shape index (κ3) is 5.23. The molecule has 0 fully saturated rings. The van der Waals surface area contributed by atoms with E-state index in [1.165, 1.54) is 6.08 Å². The van der Waals surface area contributed by atoms with Gasteiger partial charge in [0.1, 0.15) is 11.5 Å². The fraction of sp³-hybridized carbons (Fsp3) is 0.208. The van der Waals surface area contributed by atoms with Crippen molar-refractivity contribution in [3.8, 4) is 17.2 Å². The number of nitrogens with one attached hydrogen (secondary N) is 1. The van der Waals surface area contributed by atoms with Crippen LogP contribution in [0.1, 0.15) is 29.9 Å². The Morgan fingerprint density at radius 1 is 1.03 bits per heavy atom. The number of ether oxygens (including phenoxy) is 3. The quantitative estimate of drug-likeness (QED) is 0.525. The van der Waals surface area contributed by atoms with Gasteiger partial charge in [-0.2, -0.15) is 0 Å². The van der Waals surface area contributed by atoms with Gasteiger partial charge in [-0.05, 0) is 60.5 Å². The monoisotopic (exact) mass is 407 g/mol. The van der Waals surface area contributed by atoms with Gasteiger partial charge < -0.3 is 23.9 Å². The number of methoxy groups -OCH3 is 2. The van der Waals surface area contributed by atoms with E-state index in [0.717, 1.165) is 16.9 Å². The highest BCUT2D eigenvalue weighted by atomic mass is 16.5. The van der Waals surface area contributed by atoms with Crippen LogP contribution in [0.2, 0.25) is 0 Å². The number of benzene rings is 2. The van der Waals surface area contributed by atoms with Crippen LogP contribution in [0.15, 0.2) is 71.4 Å². The van der Waals surface area contributed by atoms with E-state index in [9.17, 15) is 4.79 Å². The van der Waals surface area contributed by atoms with Gasteiger partial charge in [-0.25, -0.2) is 0 Å². The average molecular weight is 407 g/mol. The first-order valence-corrected chi connectivity index (χ1v) is 9.61. The van der Waals surface area contributed by atoms with Crippen molar-refractivity contribution >= 4 is 12.0 Å². The van der Waals surface area contributed by atoms with E-state index < -0.39 is 6.04 Å². The minimum absolute atomic E-state index is 0.250. The molecule has 0 saturated heterocycles. The lowest BCUT2D eigenvalue weighted by atomic mass is 9.98. The van der Waals surface area contributed by atoms with E-state index in [0.29, 0.717) is 23.9 Å². The van der Waals surface area contributed by atoms with E-state index in [2.05, 4.69) is 5.32 Å². The predicted molar refractivity (Wildman–Crippen MR) is 115 cm³/mol. The molecule has 1 heterocycles. The zero-order valence-corrected chi connectivity index (χ0v) is 17.3. The van der Waals surface area contributed by atoms with Crippen molar-refractivity contribution in [3.05, 3.63) is 83.8 Å². The Morgan fingerprint density at radius 3 is 2.40 bits per heavy atom. The molecule has 1 unspecified atom stereocenters. The molecule has 2 aromatic carbocycles. The van der Waals surface area contributed by atoms with Crippen molar-refractivity contribution < 1.29 is 23.4 Å². The van der Waals surface area contributed by atoms with Gasteiger partial charge in [0, 0.05) is 6.08 Å². The summed E-state index contributed by atoms with van der Waals surface area (Å²) >= 11 is 0. The molecule has 1 atom stereocenters. The summed E-state index contributed by atoms with van der Waals surface area (Å²) in [6.07, 6.45) is 4.63. The average Bonchev–Trinajstić information content (AvgIpc) is 3.30. The summed E-state index contributed by atoms with van der Waals surface area (Å²) in [5.74, 6) is 2.34. The number of hydrogen-bond acceptors (Lipinski definition) is 5. The van der Waals surface area contributed by atoms with Crippen LogP contribution in [-0.2, 0) is 4.79 Å². The fourth-order valence-corrected chi connectivity index (χ4v) is 3.05. The van der Waals surface area contributed by atoms with Gasteiger partial charge in [0.05, 0.1) is 33.1 Å². The fourth-order valence-electron chi connectivity index (χ4n) is 3.05. The molecule has 0 radical (unpaired) electrons. The van der Waals surface area contributed by atoms with Crippen molar-refractivity contribution in [1.82, 2.24) is 5.32 Å². The zero-order chi connectivity index (χ0) is 21.3. The highest BCUT2D eigenvalue weighted by molar-refractivity contribution is 5.91. The van der Waals surface area contributed by atoms with Crippen LogP contribution < -0.4 is 19.5 Å². The third-order valence-corrected chi connectivity index (χ3v) is 4.49. The summed E-state index contributed by atoms with van der Waals surface area (Å²) in [7, 11) is 3.17. The molecule has 0 spiro atoms. The van der Waals surface area contributed by atoms with Gasteiger partial charge in [0.25, 0.3) is 0 Å². The molecule has 3 aromatic rings. The molecule has 1 amide bonds. The Bertz CT molecular complexity index is 977. The number of hydrogen-bond donors (Lipinski definition) is 1. The van der Waals surface area contributed by atoms with Crippen LogP contribution in [0.3, 0.4) is 0 Å². The van der Waals surface area contributed by atoms with Crippen molar-refractivity contribution in [2.75, 3.05) is 20.8 Å². The standard InChI is InChI=1S/C24H25NO5/c1-4-29-20-10-7-17(8-11-20)24(18-9-13-21(27-2)22(16-18)28-3)25-23(26)14-12-19-6-5-15-30-19/h5-16,24H,4H2,1-3H3,(H,25,26). The molecule has 6 heteroatoms. The van der Waals surface area contributed by atoms with Crippen LogP contribution in [0.25, 0.3) is 6.08 Å². The first-order chi connectivity index (χ1) is 14.6. The second-order valence-electron chi connectivity index (χ2n) is 6.41. The van der Waals surface area contributed by atoms with Gasteiger partial charge >= 0.3 is 0 Å². The maximum absolute atomic E-state index is 12.6. The highest BCUT2D eigenvalue weighted by Gasteiger charge is 2.18. The normalized spacial score (nSPS) is 11.8. The van der Waals surface area contributed by atoms with Crippen molar-refractivity contribution in [2.24, 2.45) is 0 Å². The van der Waals surface area contributed by atoms with Crippen LogP contribution in [0.5, 0.6) is 17.2 Å². The van der Waals surface area contributed by atoms with Crippen molar-refractivity contribution in [3.63, 3.8) is 0 Å². The Labute approximate surface area is 176 Å². The molecule has 0 bridgehead atoms. The molecular weight excluding hydrogens is 382 g/mol. The second-order valence-corrected chi connectivity index (χ2v) is 6.41. The number of carbonyl (C=O) groups excluding carboxylic acids is 1. The molecule has 0 aliphatic heterocycles. The van der Waals surface area contributed by atoms with Crippen LogP contribution in [-0.4, -0.2) is 26.7 Å². The molecule has 0 aliphatic carbocycles. The SMILES string of the molecule is CCOc1ccc(C(NC(=O)C=Cc2ccco2)c2ccc(OC)c(OC)c2)cc1. The van der Waals surface area contributed by atoms with Crippen LogP contribution >= 0.6 is 0 Å². The molecular formula is C24H25NO5. The summed E-state index contributed by atoms with van der Waals surface area (Å²) in [5, 5.41) is 3.05. The lowest BCUT2D eigenvalue weighted by Crippen LogP contribution is -2.27. The first-order valence-electron chi connectivity index (χ1n) is 9.61. The molecule has 1 aromatic heterocycles. The Kier molecular flexibility index (Phi) is 7.16. The topological polar surface area (TPSA) is 69.9 Å². The molecule has 1 N–H and O–H groups in total.